The Morgan fingerprint density at radius 1 is 1.37 bits per heavy atom. The molecule has 2 N–H and O–H groups in total. The predicted molar refractivity (Wildman–Crippen MR) is 116 cm³/mol. The molecular weight excluding hydrogens is 384 g/mol. The van der Waals surface area contributed by atoms with Crippen LogP contribution in [0.15, 0.2) is 40.4 Å². The van der Waals surface area contributed by atoms with Gasteiger partial charge in [0.15, 0.2) is 5.82 Å². The zero-order valence-corrected chi connectivity index (χ0v) is 17.8. The van der Waals surface area contributed by atoms with Crippen molar-refractivity contribution in [2.24, 2.45) is 10.7 Å². The fourth-order valence-corrected chi connectivity index (χ4v) is 3.19. The topological polar surface area (TPSA) is 113 Å². The van der Waals surface area contributed by atoms with Crippen LogP contribution in [0, 0.1) is 10.3 Å². The molecule has 1 amide bonds. The second-order valence-electron chi connectivity index (χ2n) is 8.60. The minimum Gasteiger partial charge on any atom is -0.441 e. The molecule has 1 aliphatic rings. The van der Waals surface area contributed by atoms with Gasteiger partial charge in [-0.3, -0.25) is 4.79 Å². The summed E-state index contributed by atoms with van der Waals surface area (Å²) in [5, 5.41) is 10.5. The average molecular weight is 412 g/mol. The van der Waals surface area contributed by atoms with Crippen LogP contribution in [0.5, 0.6) is 0 Å². The number of nitrogens with zero attached hydrogens (tertiary/aromatic N) is 4. The van der Waals surface area contributed by atoms with E-state index in [-0.39, 0.29) is 23.3 Å². The average Bonchev–Trinajstić information content (AvgIpc) is 3.27. The minimum atomic E-state index is -0.310. The molecule has 30 heavy (non-hydrogen) atoms. The Morgan fingerprint density at radius 2 is 2.17 bits per heavy atom. The van der Waals surface area contributed by atoms with E-state index in [9.17, 15) is 9.70 Å². The Bertz CT molecular complexity index is 917. The minimum absolute atomic E-state index is 0.0136. The number of oxazole rings is 1. The molecule has 0 radical (unpaired) electrons. The van der Waals surface area contributed by atoms with Crippen LogP contribution in [-0.2, 0) is 0 Å². The lowest BCUT2D eigenvalue weighted by Crippen LogP contribution is -2.35. The van der Waals surface area contributed by atoms with Crippen molar-refractivity contribution < 1.29 is 9.21 Å². The maximum atomic E-state index is 12.1. The zero-order chi connectivity index (χ0) is 21.7. The molecule has 9 heteroatoms. The molecule has 1 atom stereocenters. The van der Waals surface area contributed by atoms with Crippen LogP contribution in [0.2, 0.25) is 0 Å². The Balaban J connectivity index is 1.71. The number of pyridine rings is 1. The first-order valence-electron chi connectivity index (χ1n) is 9.98. The largest absolute Gasteiger partial charge is 0.441 e. The Labute approximate surface area is 175 Å². The lowest BCUT2D eigenvalue weighted by Gasteiger charge is -2.24. The summed E-state index contributed by atoms with van der Waals surface area (Å²) in [6.45, 7) is 7.13. The lowest BCUT2D eigenvalue weighted by molar-refractivity contribution is 0.0900. The smallest absolute Gasteiger partial charge is 0.307 e. The van der Waals surface area contributed by atoms with Crippen LogP contribution in [0.3, 0.4) is 0 Å². The van der Waals surface area contributed by atoms with Crippen molar-refractivity contribution in [1.82, 2.24) is 15.3 Å². The highest BCUT2D eigenvalue weighted by Gasteiger charge is 2.22. The van der Waals surface area contributed by atoms with Gasteiger partial charge in [-0.25, -0.2) is 15.0 Å². The maximum Gasteiger partial charge on any atom is 0.307 e. The molecule has 0 fully saturated rings. The van der Waals surface area contributed by atoms with Crippen molar-refractivity contribution in [1.29, 1.82) is 0 Å². The van der Waals surface area contributed by atoms with E-state index in [1.807, 2.05) is 12.1 Å². The number of carbonyl (C=O) groups excluding carboxylic acids is 1. The molecule has 2 heterocycles. The number of hydrogen-bond acceptors (Lipinski definition) is 7. The zero-order valence-electron chi connectivity index (χ0n) is 17.8. The Hall–Kier alpha value is -3.23. The molecule has 1 unspecified atom stereocenters. The van der Waals surface area contributed by atoms with Crippen LogP contribution < -0.4 is 15.6 Å². The molecule has 160 valence electrons. The van der Waals surface area contributed by atoms with Crippen LogP contribution >= 0.6 is 0 Å². The van der Waals surface area contributed by atoms with Gasteiger partial charge in [-0.15, -0.1) is 4.91 Å². The van der Waals surface area contributed by atoms with Gasteiger partial charge in [0.25, 0.3) is 5.89 Å². The first kappa shape index (κ1) is 21.5. The quantitative estimate of drug-likeness (QED) is 0.522. The number of rotatable bonds is 7. The maximum absolute atomic E-state index is 12.1. The third-order valence-electron chi connectivity index (χ3n) is 4.81. The SMILES string of the molecule is CN(N=O)c1nc(C2=CCC(NC(=O)c3ncco3)CC2)ccc1NCC(C)(C)C. The molecule has 0 spiro atoms. The van der Waals surface area contributed by atoms with Crippen LogP contribution in [0.25, 0.3) is 5.57 Å². The number of nitroso groups, excluding NO2 is 1. The van der Waals surface area contributed by atoms with Crippen LogP contribution in [0.4, 0.5) is 11.5 Å². The highest BCUT2D eigenvalue weighted by molar-refractivity contribution is 5.89. The van der Waals surface area contributed by atoms with E-state index in [0.29, 0.717) is 12.2 Å². The van der Waals surface area contributed by atoms with E-state index >= 15 is 0 Å². The first-order chi connectivity index (χ1) is 14.3. The van der Waals surface area contributed by atoms with Gasteiger partial charge in [0, 0.05) is 19.6 Å². The number of aromatic nitrogens is 2. The highest BCUT2D eigenvalue weighted by Crippen LogP contribution is 2.31. The number of carbonyl (C=O) groups is 1. The Kier molecular flexibility index (Phi) is 6.49. The van der Waals surface area contributed by atoms with E-state index in [1.54, 1.807) is 7.05 Å². The van der Waals surface area contributed by atoms with E-state index in [0.717, 1.165) is 36.3 Å². The first-order valence-corrected chi connectivity index (χ1v) is 9.98. The lowest BCUT2D eigenvalue weighted by atomic mass is 9.93. The summed E-state index contributed by atoms with van der Waals surface area (Å²) in [4.78, 5) is 31.8. The van der Waals surface area contributed by atoms with Crippen molar-refractivity contribution in [3.05, 3.63) is 47.2 Å². The van der Waals surface area contributed by atoms with E-state index in [2.05, 4.69) is 52.7 Å². The molecular formula is C21H28N6O3. The van der Waals surface area contributed by atoms with Gasteiger partial charge >= 0.3 is 5.91 Å². The van der Waals surface area contributed by atoms with Gasteiger partial charge in [-0.2, -0.15) is 0 Å². The van der Waals surface area contributed by atoms with E-state index < -0.39 is 0 Å². The van der Waals surface area contributed by atoms with Gasteiger partial charge in [-0.05, 0) is 42.4 Å². The van der Waals surface area contributed by atoms with Crippen LogP contribution in [0.1, 0.15) is 56.4 Å². The molecule has 0 bridgehead atoms. The van der Waals surface area contributed by atoms with Gasteiger partial charge in [-0.1, -0.05) is 26.8 Å². The summed E-state index contributed by atoms with van der Waals surface area (Å²) in [5.41, 5.74) is 2.74. The monoisotopic (exact) mass is 412 g/mol. The van der Waals surface area contributed by atoms with Crippen molar-refractivity contribution in [3.63, 3.8) is 0 Å². The predicted octanol–water partition coefficient (Wildman–Crippen LogP) is 4.01. The number of anilines is 2. The molecule has 1 aliphatic carbocycles. The summed E-state index contributed by atoms with van der Waals surface area (Å²) < 4.78 is 5.03. The number of allylic oxidation sites excluding steroid dienone is 1. The van der Waals surface area contributed by atoms with Crippen molar-refractivity contribution in [3.8, 4) is 0 Å². The number of amides is 1. The third kappa shape index (κ3) is 5.43. The molecule has 0 aromatic carbocycles. The Morgan fingerprint density at radius 3 is 2.77 bits per heavy atom. The molecule has 9 nitrogen and oxygen atoms in total. The van der Waals surface area contributed by atoms with Gasteiger partial charge in [0.1, 0.15) is 6.26 Å². The van der Waals surface area contributed by atoms with Crippen molar-refractivity contribution in [2.45, 2.75) is 46.1 Å². The molecule has 2 aromatic heterocycles. The fraction of sp³-hybridized carbons (Fsp3) is 0.476. The van der Waals surface area contributed by atoms with Gasteiger partial charge in [0.05, 0.1) is 22.9 Å². The van der Waals surface area contributed by atoms with E-state index in [1.165, 1.54) is 17.5 Å². The van der Waals surface area contributed by atoms with Crippen molar-refractivity contribution in [2.75, 3.05) is 23.9 Å². The second kappa shape index (κ2) is 9.06. The highest BCUT2D eigenvalue weighted by atomic mass is 16.3. The summed E-state index contributed by atoms with van der Waals surface area (Å²) in [6, 6.07) is 3.90. The molecule has 3 rings (SSSR count). The summed E-state index contributed by atoms with van der Waals surface area (Å²) >= 11 is 0. The second-order valence-corrected chi connectivity index (χ2v) is 8.60. The van der Waals surface area contributed by atoms with Gasteiger partial charge < -0.3 is 15.1 Å². The fourth-order valence-electron chi connectivity index (χ4n) is 3.19. The molecule has 0 saturated heterocycles. The summed E-state index contributed by atoms with van der Waals surface area (Å²) in [6.07, 6.45) is 7.12. The molecule has 0 aliphatic heterocycles. The molecule has 0 saturated carbocycles. The molecule has 2 aromatic rings. The third-order valence-corrected chi connectivity index (χ3v) is 4.81. The standard InChI is InChI=1S/C21H28N6O3/c1-21(2,3)13-23-17-10-9-16(25-18(17)27(4)26-29)14-5-7-15(8-6-14)24-19(28)20-22-11-12-30-20/h5,9-12,15,23H,6-8,13H2,1-4H3,(H,24,28). The summed E-state index contributed by atoms with van der Waals surface area (Å²) in [5.74, 6) is 0.251. The number of nitrogens with one attached hydrogen (secondary N) is 2. The van der Waals surface area contributed by atoms with Crippen LogP contribution in [-0.4, -0.2) is 35.5 Å². The normalized spacial score (nSPS) is 16.5. The van der Waals surface area contributed by atoms with Gasteiger partial charge in [0.2, 0.25) is 0 Å². The van der Waals surface area contributed by atoms with E-state index in [4.69, 9.17) is 4.42 Å². The van der Waals surface area contributed by atoms with Crippen molar-refractivity contribution >= 4 is 23.0 Å². The summed E-state index contributed by atoms with van der Waals surface area (Å²) in [7, 11) is 1.59. The number of hydrogen-bond donors (Lipinski definition) is 2.